The minimum atomic E-state index is -0.265. The van der Waals surface area contributed by atoms with E-state index < -0.39 is 0 Å². The molecule has 3 rings (SSSR count). The van der Waals surface area contributed by atoms with Gasteiger partial charge in [-0.15, -0.1) is 11.8 Å². The molecular formula is C19H21NO2S. The quantitative estimate of drug-likeness (QED) is 0.612. The Balaban J connectivity index is 2.23. The van der Waals surface area contributed by atoms with Crippen LogP contribution in [0.5, 0.6) is 0 Å². The zero-order valence-corrected chi connectivity index (χ0v) is 14.4. The predicted molar refractivity (Wildman–Crippen MR) is 96.4 cm³/mol. The molecule has 1 aliphatic rings. The van der Waals surface area contributed by atoms with Crippen LogP contribution in [0.25, 0.3) is 11.1 Å². The fourth-order valence-electron chi connectivity index (χ4n) is 3.09. The first-order valence-corrected chi connectivity index (χ1v) is 9.08. The van der Waals surface area contributed by atoms with Crippen LogP contribution in [0, 0.1) is 0 Å². The number of ether oxygens (including phenoxy) is 1. The highest BCUT2D eigenvalue weighted by atomic mass is 32.2. The summed E-state index contributed by atoms with van der Waals surface area (Å²) in [4.78, 5) is 16.0. The Kier molecular flexibility index (Phi) is 4.91. The first-order valence-electron chi connectivity index (χ1n) is 7.85. The van der Waals surface area contributed by atoms with Gasteiger partial charge in [0.2, 0.25) is 0 Å². The summed E-state index contributed by atoms with van der Waals surface area (Å²) in [5.41, 5.74) is 3.67. The van der Waals surface area contributed by atoms with E-state index in [2.05, 4.69) is 23.3 Å². The Morgan fingerprint density at radius 3 is 2.43 bits per heavy atom. The van der Waals surface area contributed by atoms with Crippen LogP contribution in [-0.4, -0.2) is 32.4 Å². The summed E-state index contributed by atoms with van der Waals surface area (Å²) in [5, 5.41) is 0. The molecule has 2 aromatic carbocycles. The molecule has 1 aliphatic heterocycles. The van der Waals surface area contributed by atoms with E-state index in [1.165, 1.54) is 24.8 Å². The van der Waals surface area contributed by atoms with E-state index in [4.69, 9.17) is 4.74 Å². The van der Waals surface area contributed by atoms with Gasteiger partial charge in [-0.25, -0.2) is 4.79 Å². The van der Waals surface area contributed by atoms with Crippen molar-refractivity contribution >= 4 is 23.4 Å². The van der Waals surface area contributed by atoms with Gasteiger partial charge in [-0.05, 0) is 42.4 Å². The van der Waals surface area contributed by atoms with E-state index in [9.17, 15) is 4.79 Å². The molecule has 1 fully saturated rings. The summed E-state index contributed by atoms with van der Waals surface area (Å²) < 4.78 is 5.10. The lowest BCUT2D eigenvalue weighted by molar-refractivity contribution is 0.0602. The lowest BCUT2D eigenvalue weighted by Gasteiger charge is -2.23. The number of thioether (sulfide) groups is 1. The second kappa shape index (κ2) is 7.09. The highest BCUT2D eigenvalue weighted by Crippen LogP contribution is 2.37. The van der Waals surface area contributed by atoms with Crippen molar-refractivity contribution < 1.29 is 9.53 Å². The maximum atomic E-state index is 12.5. The van der Waals surface area contributed by atoms with Gasteiger partial charge >= 0.3 is 5.97 Å². The van der Waals surface area contributed by atoms with Crippen molar-refractivity contribution in [1.29, 1.82) is 0 Å². The normalized spacial score (nSPS) is 14.1. The minimum Gasteiger partial charge on any atom is -0.465 e. The number of methoxy groups -OCH3 is 1. The van der Waals surface area contributed by atoms with Crippen LogP contribution in [-0.2, 0) is 4.74 Å². The van der Waals surface area contributed by atoms with Crippen LogP contribution in [0.3, 0.4) is 0 Å². The number of esters is 1. The van der Waals surface area contributed by atoms with E-state index in [0.717, 1.165) is 29.9 Å². The number of anilines is 1. The Morgan fingerprint density at radius 2 is 1.83 bits per heavy atom. The molecule has 1 saturated heterocycles. The van der Waals surface area contributed by atoms with E-state index in [1.54, 1.807) is 11.8 Å². The molecule has 0 radical (unpaired) electrons. The number of carbonyl (C=O) groups is 1. The topological polar surface area (TPSA) is 29.5 Å². The van der Waals surface area contributed by atoms with Gasteiger partial charge in [-0.1, -0.05) is 30.3 Å². The molecule has 0 saturated carbocycles. The van der Waals surface area contributed by atoms with Gasteiger partial charge in [-0.2, -0.15) is 0 Å². The van der Waals surface area contributed by atoms with Crippen molar-refractivity contribution in [2.75, 3.05) is 31.4 Å². The van der Waals surface area contributed by atoms with E-state index in [-0.39, 0.29) is 5.97 Å². The van der Waals surface area contributed by atoms with Gasteiger partial charge in [0.05, 0.1) is 18.4 Å². The molecule has 23 heavy (non-hydrogen) atoms. The van der Waals surface area contributed by atoms with Crippen molar-refractivity contribution in [2.24, 2.45) is 0 Å². The molecule has 0 amide bonds. The van der Waals surface area contributed by atoms with Crippen molar-refractivity contribution in [3.8, 4) is 11.1 Å². The van der Waals surface area contributed by atoms with Crippen LogP contribution in [0.15, 0.2) is 47.4 Å². The molecule has 0 spiro atoms. The standard InChI is InChI=1S/C19H21NO2S/c1-22-19(21)18-16(14-8-4-3-5-9-14)12-15(23-2)13-17(18)20-10-6-7-11-20/h3-5,8-9,12-13H,6-7,10-11H2,1-2H3. The van der Waals surface area contributed by atoms with Crippen molar-refractivity contribution in [3.05, 3.63) is 48.0 Å². The lowest BCUT2D eigenvalue weighted by atomic mass is 9.97. The third-order valence-electron chi connectivity index (χ3n) is 4.25. The van der Waals surface area contributed by atoms with Crippen LogP contribution >= 0.6 is 11.8 Å². The van der Waals surface area contributed by atoms with Gasteiger partial charge in [-0.3, -0.25) is 0 Å². The average Bonchev–Trinajstić information content (AvgIpc) is 3.15. The lowest BCUT2D eigenvalue weighted by Crippen LogP contribution is -2.22. The molecule has 3 nitrogen and oxygen atoms in total. The number of nitrogens with zero attached hydrogens (tertiary/aromatic N) is 1. The van der Waals surface area contributed by atoms with Gasteiger partial charge < -0.3 is 9.64 Å². The summed E-state index contributed by atoms with van der Waals surface area (Å²) in [5.74, 6) is -0.265. The first kappa shape index (κ1) is 15.9. The summed E-state index contributed by atoms with van der Waals surface area (Å²) in [6.07, 6.45) is 4.41. The summed E-state index contributed by atoms with van der Waals surface area (Å²) in [7, 11) is 1.45. The third kappa shape index (κ3) is 3.22. The van der Waals surface area contributed by atoms with E-state index >= 15 is 0 Å². The molecule has 0 N–H and O–H groups in total. The number of rotatable bonds is 4. The Bertz CT molecular complexity index is 694. The maximum absolute atomic E-state index is 12.5. The van der Waals surface area contributed by atoms with Gasteiger partial charge in [0.25, 0.3) is 0 Å². The Morgan fingerprint density at radius 1 is 1.13 bits per heavy atom. The Labute approximate surface area is 141 Å². The highest BCUT2D eigenvalue weighted by molar-refractivity contribution is 7.98. The number of benzene rings is 2. The van der Waals surface area contributed by atoms with Crippen LogP contribution in [0.2, 0.25) is 0 Å². The van der Waals surface area contributed by atoms with Crippen LogP contribution in [0.4, 0.5) is 5.69 Å². The second-order valence-corrected chi connectivity index (χ2v) is 6.50. The Hall–Kier alpha value is -1.94. The average molecular weight is 327 g/mol. The number of hydrogen-bond donors (Lipinski definition) is 0. The first-order chi connectivity index (χ1) is 11.2. The van der Waals surface area contributed by atoms with Crippen LogP contribution < -0.4 is 4.90 Å². The van der Waals surface area contributed by atoms with Crippen molar-refractivity contribution in [2.45, 2.75) is 17.7 Å². The highest BCUT2D eigenvalue weighted by Gasteiger charge is 2.24. The van der Waals surface area contributed by atoms with Crippen LogP contribution in [0.1, 0.15) is 23.2 Å². The largest absolute Gasteiger partial charge is 0.465 e. The van der Waals surface area contributed by atoms with E-state index in [1.807, 2.05) is 30.3 Å². The van der Waals surface area contributed by atoms with E-state index in [0.29, 0.717) is 5.56 Å². The monoisotopic (exact) mass is 327 g/mol. The number of hydrogen-bond acceptors (Lipinski definition) is 4. The smallest absolute Gasteiger partial charge is 0.340 e. The molecule has 2 aromatic rings. The molecule has 0 bridgehead atoms. The second-order valence-electron chi connectivity index (χ2n) is 5.62. The molecular weight excluding hydrogens is 306 g/mol. The molecule has 0 aliphatic carbocycles. The van der Waals surface area contributed by atoms with Crippen molar-refractivity contribution in [1.82, 2.24) is 0 Å². The zero-order chi connectivity index (χ0) is 16.2. The van der Waals surface area contributed by atoms with Crippen molar-refractivity contribution in [3.63, 3.8) is 0 Å². The molecule has 0 atom stereocenters. The summed E-state index contributed by atoms with van der Waals surface area (Å²) in [6.45, 7) is 1.99. The number of carbonyl (C=O) groups excluding carboxylic acids is 1. The zero-order valence-electron chi connectivity index (χ0n) is 13.5. The minimum absolute atomic E-state index is 0.265. The van der Waals surface area contributed by atoms with Gasteiger partial charge in [0, 0.05) is 18.0 Å². The molecule has 4 heteroatoms. The molecule has 0 aromatic heterocycles. The van der Waals surface area contributed by atoms with Gasteiger partial charge in [0.1, 0.15) is 0 Å². The predicted octanol–water partition coefficient (Wildman–Crippen LogP) is 4.46. The maximum Gasteiger partial charge on any atom is 0.340 e. The molecule has 0 unspecified atom stereocenters. The SMILES string of the molecule is COC(=O)c1c(-c2ccccc2)cc(SC)cc1N1CCCC1. The molecule has 120 valence electrons. The fourth-order valence-corrected chi connectivity index (χ4v) is 3.55. The molecule has 1 heterocycles. The third-order valence-corrected chi connectivity index (χ3v) is 4.95. The van der Waals surface area contributed by atoms with Gasteiger partial charge in [0.15, 0.2) is 0 Å². The summed E-state index contributed by atoms with van der Waals surface area (Å²) in [6, 6.07) is 14.3. The fraction of sp³-hybridized carbons (Fsp3) is 0.316. The summed E-state index contributed by atoms with van der Waals surface area (Å²) >= 11 is 1.70.